The Morgan fingerprint density at radius 1 is 1.54 bits per heavy atom. The Bertz CT molecular complexity index is 668. The summed E-state index contributed by atoms with van der Waals surface area (Å²) in [5, 5.41) is 9.25. The molecule has 2 aliphatic heterocycles. The molecule has 24 heavy (non-hydrogen) atoms. The van der Waals surface area contributed by atoms with E-state index in [9.17, 15) is 14.7 Å². The minimum atomic E-state index is -1.30. The summed E-state index contributed by atoms with van der Waals surface area (Å²) in [5.74, 6) is -1.23. The van der Waals surface area contributed by atoms with E-state index in [-0.39, 0.29) is 17.8 Å². The lowest BCUT2D eigenvalue weighted by Gasteiger charge is -2.56. The molecule has 1 aromatic carbocycles. The summed E-state index contributed by atoms with van der Waals surface area (Å²) in [6.45, 7) is 3.81. The number of nitrogens with zero attached hydrogens (tertiary/aromatic N) is 1. The number of methoxy groups -OCH3 is 1. The Hall–Kier alpha value is -1.83. The van der Waals surface area contributed by atoms with Crippen LogP contribution in [0.1, 0.15) is 11.7 Å². The number of ether oxygens (including phenoxy) is 1. The first-order chi connectivity index (χ1) is 11.5. The van der Waals surface area contributed by atoms with Gasteiger partial charge in [-0.15, -0.1) is 18.3 Å². The Kier molecular flexibility index (Phi) is 4.42. The molecule has 3 N–H and O–H groups in total. The minimum Gasteiger partial charge on any atom is -0.481 e. The van der Waals surface area contributed by atoms with Crippen molar-refractivity contribution < 1.29 is 19.4 Å². The predicted molar refractivity (Wildman–Crippen MR) is 91.3 cm³/mol. The van der Waals surface area contributed by atoms with E-state index >= 15 is 0 Å². The molecular formula is C17H20N2O4S. The number of β-lactam (4-membered cyclic amide) rings is 1. The number of hydrogen-bond donors (Lipinski definition) is 2. The van der Waals surface area contributed by atoms with Crippen LogP contribution >= 0.6 is 11.8 Å². The molecule has 2 saturated heterocycles. The van der Waals surface area contributed by atoms with E-state index in [4.69, 9.17) is 10.5 Å². The summed E-state index contributed by atoms with van der Waals surface area (Å²) in [7, 11) is 1.56. The van der Waals surface area contributed by atoms with E-state index in [1.807, 2.05) is 30.3 Å². The van der Waals surface area contributed by atoms with E-state index < -0.39 is 28.8 Å². The van der Waals surface area contributed by atoms with Crippen LogP contribution in [0.25, 0.3) is 0 Å². The Balaban J connectivity index is 2.02. The number of rotatable bonds is 5. The highest BCUT2D eigenvalue weighted by molar-refractivity contribution is 8.00. The zero-order valence-electron chi connectivity index (χ0n) is 13.3. The molecule has 0 saturated carbocycles. The third-order valence-electron chi connectivity index (χ3n) is 4.83. The zero-order valence-corrected chi connectivity index (χ0v) is 14.1. The summed E-state index contributed by atoms with van der Waals surface area (Å²) in [5.41, 5.74) is 5.49. The second-order valence-electron chi connectivity index (χ2n) is 6.06. The van der Waals surface area contributed by atoms with Crippen molar-refractivity contribution in [3.63, 3.8) is 0 Å². The Morgan fingerprint density at radius 2 is 2.21 bits per heavy atom. The summed E-state index contributed by atoms with van der Waals surface area (Å²) in [4.78, 5) is 25.6. The van der Waals surface area contributed by atoms with Gasteiger partial charge in [0, 0.05) is 13.7 Å². The smallest absolute Gasteiger partial charge is 0.316 e. The number of fused-ring (bicyclic) bond motifs is 1. The van der Waals surface area contributed by atoms with Crippen molar-refractivity contribution in [2.75, 3.05) is 13.7 Å². The second kappa shape index (κ2) is 6.23. The molecule has 0 bridgehead atoms. The highest BCUT2D eigenvalue weighted by Crippen LogP contribution is 2.52. The van der Waals surface area contributed by atoms with E-state index in [2.05, 4.69) is 6.58 Å². The van der Waals surface area contributed by atoms with Gasteiger partial charge in [-0.1, -0.05) is 36.4 Å². The van der Waals surface area contributed by atoms with Crippen molar-refractivity contribution >= 4 is 23.6 Å². The molecule has 3 rings (SSSR count). The van der Waals surface area contributed by atoms with Gasteiger partial charge >= 0.3 is 5.97 Å². The Morgan fingerprint density at radius 3 is 2.75 bits per heavy atom. The van der Waals surface area contributed by atoms with Crippen molar-refractivity contribution in [2.24, 2.45) is 11.1 Å². The molecule has 1 aromatic rings. The second-order valence-corrected chi connectivity index (χ2v) is 7.32. The maximum Gasteiger partial charge on any atom is 0.316 e. The molecule has 0 spiro atoms. The summed E-state index contributed by atoms with van der Waals surface area (Å²) in [6, 6.07) is 8.88. The standard InChI is InChI=1S/C17H20N2O4S/c1-3-17(16(21)22)9-19-14(20)11(18)15(19)24-13(17)12(23-2)10-7-5-4-6-8-10/h3-8,11-13,15H,1,9,18H2,2H3,(H,21,22)/t11?,12?,13?,15-,17?/m1/s1. The number of carboxylic acid groups (broad SMARTS) is 1. The number of nitrogens with two attached hydrogens (primary N) is 1. The van der Waals surface area contributed by atoms with E-state index in [0.29, 0.717) is 0 Å². The van der Waals surface area contributed by atoms with Gasteiger partial charge in [-0.2, -0.15) is 0 Å². The van der Waals surface area contributed by atoms with Crippen LogP contribution in [0, 0.1) is 5.41 Å². The average Bonchev–Trinajstić information content (AvgIpc) is 2.62. The van der Waals surface area contributed by atoms with Gasteiger partial charge in [0.05, 0.1) is 11.4 Å². The summed E-state index contributed by atoms with van der Waals surface area (Å²) >= 11 is 1.38. The maximum atomic E-state index is 12.1. The third kappa shape index (κ3) is 2.35. The lowest BCUT2D eigenvalue weighted by Crippen LogP contribution is -2.73. The molecule has 0 aliphatic carbocycles. The van der Waals surface area contributed by atoms with Gasteiger partial charge in [-0.3, -0.25) is 9.59 Å². The number of aliphatic carboxylic acids is 1. The number of carboxylic acids is 1. The SMILES string of the molecule is C=CC1(C(=O)O)CN2C(=O)C(N)[C@H]2SC1C(OC)c1ccccc1. The fraction of sp³-hybridized carbons (Fsp3) is 0.412. The summed E-state index contributed by atoms with van der Waals surface area (Å²) < 4.78 is 5.68. The molecular weight excluding hydrogens is 328 g/mol. The third-order valence-corrected chi connectivity index (χ3v) is 6.62. The largest absolute Gasteiger partial charge is 0.481 e. The number of carbonyl (C=O) groups is 2. The quantitative estimate of drug-likeness (QED) is 0.614. The van der Waals surface area contributed by atoms with Crippen molar-refractivity contribution in [1.82, 2.24) is 4.90 Å². The molecule has 2 aliphatic rings. The first-order valence-corrected chi connectivity index (χ1v) is 8.57. The number of amides is 1. The van der Waals surface area contributed by atoms with Crippen LogP contribution in [-0.4, -0.2) is 52.2 Å². The highest BCUT2D eigenvalue weighted by atomic mass is 32.2. The van der Waals surface area contributed by atoms with E-state index in [1.54, 1.807) is 7.11 Å². The van der Waals surface area contributed by atoms with E-state index in [1.165, 1.54) is 22.7 Å². The summed E-state index contributed by atoms with van der Waals surface area (Å²) in [6.07, 6.45) is 0.977. The molecule has 5 atom stereocenters. The molecule has 0 radical (unpaired) electrons. The molecule has 2 fully saturated rings. The van der Waals surface area contributed by atoms with Gasteiger partial charge in [0.15, 0.2) is 0 Å². The van der Waals surface area contributed by atoms with Gasteiger partial charge in [0.2, 0.25) is 5.91 Å². The molecule has 1 amide bonds. The van der Waals surface area contributed by atoms with Crippen LogP contribution in [0.15, 0.2) is 43.0 Å². The molecule has 0 aromatic heterocycles. The van der Waals surface area contributed by atoms with E-state index in [0.717, 1.165) is 5.56 Å². The van der Waals surface area contributed by atoms with Gasteiger partial charge in [0.1, 0.15) is 16.8 Å². The number of carbonyl (C=O) groups excluding carboxylic acids is 1. The van der Waals surface area contributed by atoms with Crippen molar-refractivity contribution in [1.29, 1.82) is 0 Å². The highest BCUT2D eigenvalue weighted by Gasteiger charge is 2.61. The first kappa shape index (κ1) is 17.0. The van der Waals surface area contributed by atoms with Crippen LogP contribution in [0.5, 0.6) is 0 Å². The van der Waals surface area contributed by atoms with Crippen LogP contribution < -0.4 is 5.73 Å². The van der Waals surface area contributed by atoms with Crippen LogP contribution in [0.3, 0.4) is 0 Å². The van der Waals surface area contributed by atoms with Crippen molar-refractivity contribution in [2.45, 2.75) is 22.8 Å². The monoisotopic (exact) mass is 348 g/mol. The van der Waals surface area contributed by atoms with Crippen molar-refractivity contribution in [3.05, 3.63) is 48.6 Å². The number of thioether (sulfide) groups is 1. The number of benzene rings is 1. The topological polar surface area (TPSA) is 92.9 Å². The van der Waals surface area contributed by atoms with Crippen LogP contribution in [0.4, 0.5) is 0 Å². The molecule has 2 heterocycles. The predicted octanol–water partition coefficient (Wildman–Crippen LogP) is 1.24. The Labute approximate surface area is 144 Å². The molecule has 128 valence electrons. The normalized spacial score (nSPS) is 33.3. The average molecular weight is 348 g/mol. The van der Waals surface area contributed by atoms with Gasteiger partial charge in [-0.05, 0) is 5.56 Å². The zero-order chi connectivity index (χ0) is 17.5. The van der Waals surface area contributed by atoms with Gasteiger partial charge < -0.3 is 20.5 Å². The maximum absolute atomic E-state index is 12.1. The van der Waals surface area contributed by atoms with Gasteiger partial charge in [0.25, 0.3) is 0 Å². The fourth-order valence-electron chi connectivity index (χ4n) is 3.40. The molecule has 4 unspecified atom stereocenters. The lowest BCUT2D eigenvalue weighted by molar-refractivity contribution is -0.157. The van der Waals surface area contributed by atoms with Crippen LogP contribution in [0.2, 0.25) is 0 Å². The lowest BCUT2D eigenvalue weighted by atomic mass is 9.78. The van der Waals surface area contributed by atoms with Crippen molar-refractivity contribution in [3.8, 4) is 0 Å². The van der Waals surface area contributed by atoms with Gasteiger partial charge in [-0.25, -0.2) is 0 Å². The fourth-order valence-corrected chi connectivity index (χ4v) is 5.23. The number of hydrogen-bond acceptors (Lipinski definition) is 5. The molecule has 7 heteroatoms. The minimum absolute atomic E-state index is 0.0629. The molecule has 6 nitrogen and oxygen atoms in total. The first-order valence-electron chi connectivity index (χ1n) is 7.62. The van der Waals surface area contributed by atoms with Crippen LogP contribution in [-0.2, 0) is 14.3 Å².